The van der Waals surface area contributed by atoms with Gasteiger partial charge in [0.25, 0.3) is 0 Å². The SMILES string of the molecule is Cc1cccnc1Nc1nc(-c2ccc(-c3ccc(OC(=O)C4CC4)cc3)cn2)cs1. The Balaban J connectivity index is 1.27. The van der Waals surface area contributed by atoms with Crippen LogP contribution in [0.1, 0.15) is 18.4 Å². The number of pyridine rings is 2. The lowest BCUT2D eigenvalue weighted by Gasteiger charge is -2.06. The van der Waals surface area contributed by atoms with Gasteiger partial charge < -0.3 is 10.1 Å². The highest BCUT2D eigenvalue weighted by molar-refractivity contribution is 7.14. The minimum atomic E-state index is -0.130. The van der Waals surface area contributed by atoms with E-state index in [4.69, 9.17) is 4.74 Å². The smallest absolute Gasteiger partial charge is 0.314 e. The number of anilines is 2. The number of carbonyl (C=O) groups excluding carboxylic acids is 1. The molecule has 31 heavy (non-hydrogen) atoms. The number of hydrogen-bond donors (Lipinski definition) is 1. The maximum Gasteiger partial charge on any atom is 0.314 e. The van der Waals surface area contributed by atoms with E-state index in [-0.39, 0.29) is 11.9 Å². The number of thiazole rings is 1. The first-order valence-corrected chi connectivity index (χ1v) is 11.0. The summed E-state index contributed by atoms with van der Waals surface area (Å²) in [5, 5.41) is 6.02. The van der Waals surface area contributed by atoms with Crippen molar-refractivity contribution < 1.29 is 9.53 Å². The number of aryl methyl sites for hydroxylation is 1. The predicted octanol–water partition coefficient (Wildman–Crippen LogP) is 5.63. The van der Waals surface area contributed by atoms with Crippen LogP contribution in [0.2, 0.25) is 0 Å². The molecule has 3 aromatic heterocycles. The van der Waals surface area contributed by atoms with Gasteiger partial charge in [-0.25, -0.2) is 9.97 Å². The average molecular weight is 429 g/mol. The number of aromatic nitrogens is 3. The first-order valence-electron chi connectivity index (χ1n) is 10.1. The van der Waals surface area contributed by atoms with E-state index in [1.165, 1.54) is 11.3 Å². The van der Waals surface area contributed by atoms with Gasteiger partial charge in [-0.3, -0.25) is 9.78 Å². The van der Waals surface area contributed by atoms with Gasteiger partial charge in [0.15, 0.2) is 5.13 Å². The van der Waals surface area contributed by atoms with Gasteiger partial charge >= 0.3 is 5.97 Å². The van der Waals surface area contributed by atoms with E-state index in [1.54, 1.807) is 6.20 Å². The van der Waals surface area contributed by atoms with Crippen LogP contribution in [-0.4, -0.2) is 20.9 Å². The van der Waals surface area contributed by atoms with E-state index in [0.29, 0.717) is 5.75 Å². The van der Waals surface area contributed by atoms with Crippen molar-refractivity contribution in [3.63, 3.8) is 0 Å². The Kier molecular flexibility index (Phi) is 5.18. The topological polar surface area (TPSA) is 77.0 Å². The van der Waals surface area contributed by atoms with Crippen LogP contribution >= 0.6 is 11.3 Å². The van der Waals surface area contributed by atoms with Crippen LogP contribution < -0.4 is 10.1 Å². The van der Waals surface area contributed by atoms with Crippen molar-refractivity contribution in [2.75, 3.05) is 5.32 Å². The molecule has 1 saturated carbocycles. The molecule has 6 nitrogen and oxygen atoms in total. The summed E-state index contributed by atoms with van der Waals surface area (Å²) in [5.74, 6) is 1.34. The van der Waals surface area contributed by atoms with E-state index >= 15 is 0 Å². The van der Waals surface area contributed by atoms with E-state index in [9.17, 15) is 4.79 Å². The normalized spacial score (nSPS) is 13.1. The summed E-state index contributed by atoms with van der Waals surface area (Å²) in [4.78, 5) is 25.3. The summed E-state index contributed by atoms with van der Waals surface area (Å²) < 4.78 is 5.39. The van der Waals surface area contributed by atoms with E-state index in [0.717, 1.165) is 51.9 Å². The maximum absolute atomic E-state index is 11.8. The predicted molar refractivity (Wildman–Crippen MR) is 121 cm³/mol. The van der Waals surface area contributed by atoms with Crippen LogP contribution in [-0.2, 0) is 4.79 Å². The van der Waals surface area contributed by atoms with Crippen LogP contribution in [0.15, 0.2) is 66.3 Å². The van der Waals surface area contributed by atoms with Crippen molar-refractivity contribution in [3.8, 4) is 28.3 Å². The molecular weight excluding hydrogens is 408 g/mol. The van der Waals surface area contributed by atoms with E-state index in [1.807, 2.05) is 67.0 Å². The molecule has 0 saturated heterocycles. The lowest BCUT2D eigenvalue weighted by molar-refractivity contribution is -0.135. The number of benzene rings is 1. The molecule has 0 atom stereocenters. The van der Waals surface area contributed by atoms with Crippen molar-refractivity contribution >= 4 is 28.3 Å². The van der Waals surface area contributed by atoms with Crippen molar-refractivity contribution in [1.29, 1.82) is 0 Å². The largest absolute Gasteiger partial charge is 0.426 e. The molecule has 1 aromatic carbocycles. The van der Waals surface area contributed by atoms with Gasteiger partial charge in [-0.05, 0) is 55.2 Å². The molecule has 0 radical (unpaired) electrons. The molecule has 0 bridgehead atoms. The van der Waals surface area contributed by atoms with Gasteiger partial charge in [-0.15, -0.1) is 11.3 Å². The molecule has 154 valence electrons. The number of rotatable bonds is 6. The Labute approximate surface area is 184 Å². The Morgan fingerprint density at radius 1 is 1.03 bits per heavy atom. The van der Waals surface area contributed by atoms with Crippen LogP contribution in [0.3, 0.4) is 0 Å². The Morgan fingerprint density at radius 2 is 1.84 bits per heavy atom. The summed E-state index contributed by atoms with van der Waals surface area (Å²) in [6.07, 6.45) is 5.46. The number of nitrogens with zero attached hydrogens (tertiary/aromatic N) is 3. The highest BCUT2D eigenvalue weighted by Gasteiger charge is 2.31. The molecule has 0 spiro atoms. The first-order chi connectivity index (χ1) is 15.2. The third-order valence-corrected chi connectivity index (χ3v) is 5.84. The Hall–Kier alpha value is -3.58. The quantitative estimate of drug-likeness (QED) is 0.317. The molecule has 1 N–H and O–H groups in total. The molecule has 5 rings (SSSR count). The summed E-state index contributed by atoms with van der Waals surface area (Å²) in [6, 6.07) is 15.4. The minimum absolute atomic E-state index is 0.0887. The second kappa shape index (κ2) is 8.28. The van der Waals surface area contributed by atoms with Gasteiger partial charge in [0.05, 0.1) is 11.6 Å². The standard InChI is InChI=1S/C24H20N4O2S/c1-15-3-2-12-25-22(15)28-24-27-21(14-31-24)20-11-8-18(13-26-20)16-6-9-19(10-7-16)30-23(29)17-4-5-17/h2-3,6-14,17H,4-5H2,1H3,(H,25,27,28). The molecule has 0 amide bonds. The van der Waals surface area contributed by atoms with Crippen molar-refractivity contribution in [1.82, 2.24) is 15.0 Å². The summed E-state index contributed by atoms with van der Waals surface area (Å²) >= 11 is 1.52. The fraction of sp³-hybridized carbons (Fsp3) is 0.167. The highest BCUT2D eigenvalue weighted by Crippen LogP contribution is 2.32. The second-order valence-electron chi connectivity index (χ2n) is 7.48. The zero-order valence-corrected chi connectivity index (χ0v) is 17.7. The highest BCUT2D eigenvalue weighted by atomic mass is 32.1. The van der Waals surface area contributed by atoms with E-state index in [2.05, 4.69) is 20.3 Å². The Morgan fingerprint density at radius 3 is 2.55 bits per heavy atom. The van der Waals surface area contributed by atoms with Crippen LogP contribution in [0.4, 0.5) is 10.9 Å². The average Bonchev–Trinajstić information content (AvgIpc) is 3.55. The molecule has 3 heterocycles. The number of carbonyl (C=O) groups is 1. The molecule has 1 aliphatic rings. The van der Waals surface area contributed by atoms with Crippen LogP contribution in [0, 0.1) is 12.8 Å². The molecule has 7 heteroatoms. The molecule has 0 unspecified atom stereocenters. The number of hydrogen-bond acceptors (Lipinski definition) is 7. The lowest BCUT2D eigenvalue weighted by Crippen LogP contribution is -2.09. The zero-order valence-electron chi connectivity index (χ0n) is 16.9. The first kappa shape index (κ1) is 19.4. The monoisotopic (exact) mass is 428 g/mol. The zero-order chi connectivity index (χ0) is 21.2. The summed E-state index contributed by atoms with van der Waals surface area (Å²) in [5.41, 5.74) is 4.68. The molecule has 1 fully saturated rings. The number of nitrogens with one attached hydrogen (secondary N) is 1. The Bertz CT molecular complexity index is 1220. The summed E-state index contributed by atoms with van der Waals surface area (Å²) in [6.45, 7) is 2.01. The van der Waals surface area contributed by atoms with Crippen molar-refractivity contribution in [2.24, 2.45) is 5.92 Å². The lowest BCUT2D eigenvalue weighted by atomic mass is 10.1. The van der Waals surface area contributed by atoms with Gasteiger partial charge in [-0.2, -0.15) is 0 Å². The third kappa shape index (κ3) is 4.46. The van der Waals surface area contributed by atoms with Crippen LogP contribution in [0.25, 0.3) is 22.5 Å². The third-order valence-electron chi connectivity index (χ3n) is 5.08. The second-order valence-corrected chi connectivity index (χ2v) is 8.34. The van der Waals surface area contributed by atoms with Gasteiger partial charge in [0.1, 0.15) is 17.3 Å². The number of ether oxygens (including phenoxy) is 1. The summed E-state index contributed by atoms with van der Waals surface area (Å²) in [7, 11) is 0. The van der Waals surface area contributed by atoms with Gasteiger partial charge in [-0.1, -0.05) is 24.3 Å². The molecule has 4 aromatic rings. The maximum atomic E-state index is 11.8. The molecule has 1 aliphatic carbocycles. The number of esters is 1. The van der Waals surface area contributed by atoms with Gasteiger partial charge in [0, 0.05) is 23.3 Å². The fourth-order valence-electron chi connectivity index (χ4n) is 3.12. The molecular formula is C24H20N4O2S. The minimum Gasteiger partial charge on any atom is -0.426 e. The fourth-order valence-corrected chi connectivity index (χ4v) is 3.82. The van der Waals surface area contributed by atoms with Crippen molar-refractivity contribution in [2.45, 2.75) is 19.8 Å². The van der Waals surface area contributed by atoms with E-state index < -0.39 is 0 Å². The molecule has 0 aliphatic heterocycles. The van der Waals surface area contributed by atoms with Crippen molar-refractivity contribution in [3.05, 3.63) is 71.9 Å². The van der Waals surface area contributed by atoms with Gasteiger partial charge in [0.2, 0.25) is 0 Å². The van der Waals surface area contributed by atoms with Crippen LogP contribution in [0.5, 0.6) is 5.75 Å².